The van der Waals surface area contributed by atoms with Crippen LogP contribution in [0.25, 0.3) is 0 Å². The second-order valence-electron chi connectivity index (χ2n) is 5.87. The van der Waals surface area contributed by atoms with E-state index in [4.69, 9.17) is 9.72 Å². The number of nitrogens with zero attached hydrogens (tertiary/aromatic N) is 2. The third-order valence-corrected chi connectivity index (χ3v) is 5.35. The van der Waals surface area contributed by atoms with Gasteiger partial charge in [0.05, 0.1) is 12.3 Å². The summed E-state index contributed by atoms with van der Waals surface area (Å²) in [6, 6.07) is 1.26. The number of thiazole rings is 1. The van der Waals surface area contributed by atoms with Gasteiger partial charge in [-0.2, -0.15) is 0 Å². The van der Waals surface area contributed by atoms with Crippen LogP contribution in [-0.2, 0) is 17.9 Å². The number of hydrogen-bond acceptors (Lipinski definition) is 5. The van der Waals surface area contributed by atoms with Crippen LogP contribution >= 0.6 is 11.3 Å². The van der Waals surface area contributed by atoms with E-state index in [1.807, 2.05) is 11.3 Å². The van der Waals surface area contributed by atoms with Crippen molar-refractivity contribution in [2.45, 2.75) is 71.7 Å². The first kappa shape index (κ1) is 16.7. The summed E-state index contributed by atoms with van der Waals surface area (Å²) in [5.74, 6) is 0. The van der Waals surface area contributed by atoms with Gasteiger partial charge in [-0.05, 0) is 39.2 Å². The zero-order valence-electron chi connectivity index (χ0n) is 13.8. The first-order valence-corrected chi connectivity index (χ1v) is 8.99. The topological polar surface area (TPSA) is 37.4 Å². The molecule has 2 unspecified atom stereocenters. The van der Waals surface area contributed by atoms with Crippen LogP contribution < -0.4 is 10.2 Å². The molecule has 0 aliphatic carbocycles. The minimum atomic E-state index is 0.605. The molecular weight excluding hydrogens is 282 g/mol. The highest BCUT2D eigenvalue weighted by Gasteiger charge is 2.32. The van der Waals surface area contributed by atoms with E-state index in [9.17, 15) is 0 Å². The van der Waals surface area contributed by atoms with E-state index >= 15 is 0 Å². The number of anilines is 1. The molecule has 5 heteroatoms. The normalized spacial score (nSPS) is 22.2. The van der Waals surface area contributed by atoms with E-state index in [2.05, 4.69) is 31.0 Å². The fraction of sp³-hybridized carbons (Fsp3) is 0.812. The van der Waals surface area contributed by atoms with Crippen LogP contribution in [0.2, 0.25) is 0 Å². The van der Waals surface area contributed by atoms with Gasteiger partial charge in [0.2, 0.25) is 0 Å². The minimum absolute atomic E-state index is 0.605. The quantitative estimate of drug-likeness (QED) is 0.745. The molecule has 2 heterocycles. The van der Waals surface area contributed by atoms with Gasteiger partial charge in [0.1, 0.15) is 0 Å². The lowest BCUT2D eigenvalue weighted by molar-refractivity contribution is 0.181. The van der Waals surface area contributed by atoms with Gasteiger partial charge in [-0.15, -0.1) is 11.3 Å². The van der Waals surface area contributed by atoms with Crippen LogP contribution in [0.5, 0.6) is 0 Å². The average molecular weight is 311 g/mol. The highest BCUT2D eigenvalue weighted by Crippen LogP contribution is 2.36. The predicted molar refractivity (Wildman–Crippen MR) is 90.1 cm³/mol. The Morgan fingerprint density at radius 2 is 2.19 bits per heavy atom. The Kier molecular flexibility index (Phi) is 6.45. The lowest BCUT2D eigenvalue weighted by Gasteiger charge is -2.27. The molecule has 0 bridgehead atoms. The van der Waals surface area contributed by atoms with Gasteiger partial charge in [0.25, 0.3) is 0 Å². The van der Waals surface area contributed by atoms with E-state index in [-0.39, 0.29) is 0 Å². The molecule has 0 amide bonds. The van der Waals surface area contributed by atoms with Crippen molar-refractivity contribution in [1.82, 2.24) is 10.3 Å². The van der Waals surface area contributed by atoms with Crippen molar-refractivity contribution in [3.63, 3.8) is 0 Å². The first-order valence-electron chi connectivity index (χ1n) is 8.17. The molecule has 0 aromatic carbocycles. The Morgan fingerprint density at radius 1 is 1.38 bits per heavy atom. The van der Waals surface area contributed by atoms with Crippen molar-refractivity contribution in [3.05, 3.63) is 10.6 Å². The van der Waals surface area contributed by atoms with Gasteiger partial charge in [-0.3, -0.25) is 0 Å². The second-order valence-corrected chi connectivity index (χ2v) is 6.93. The highest BCUT2D eigenvalue weighted by atomic mass is 32.1. The number of rotatable bonds is 8. The predicted octanol–water partition coefficient (Wildman–Crippen LogP) is 3.56. The standard InChI is InChI=1S/C16H29N3OS/c1-5-9-17-10-15-14(11-20-4)18-16(21-15)19-12(3)7-8-13(19)6-2/h12-13,17H,5-11H2,1-4H3. The van der Waals surface area contributed by atoms with Crippen molar-refractivity contribution in [2.24, 2.45) is 0 Å². The van der Waals surface area contributed by atoms with Crippen molar-refractivity contribution in [2.75, 3.05) is 18.6 Å². The minimum Gasteiger partial charge on any atom is -0.378 e. The summed E-state index contributed by atoms with van der Waals surface area (Å²) in [6.45, 7) is 9.36. The lowest BCUT2D eigenvalue weighted by atomic mass is 10.2. The summed E-state index contributed by atoms with van der Waals surface area (Å²) in [5.41, 5.74) is 1.11. The molecule has 1 aliphatic rings. The van der Waals surface area contributed by atoms with Gasteiger partial charge >= 0.3 is 0 Å². The smallest absolute Gasteiger partial charge is 0.186 e. The number of aromatic nitrogens is 1. The van der Waals surface area contributed by atoms with Gasteiger partial charge < -0.3 is 15.0 Å². The summed E-state index contributed by atoms with van der Waals surface area (Å²) in [4.78, 5) is 8.75. The zero-order valence-corrected chi connectivity index (χ0v) is 14.6. The SMILES string of the molecule is CCCNCc1sc(N2C(C)CCC2CC)nc1COC. The molecule has 0 saturated carbocycles. The van der Waals surface area contributed by atoms with Crippen LogP contribution in [0.4, 0.5) is 5.13 Å². The number of hydrogen-bond donors (Lipinski definition) is 1. The molecule has 2 atom stereocenters. The maximum atomic E-state index is 5.33. The summed E-state index contributed by atoms with van der Waals surface area (Å²) < 4.78 is 5.33. The molecule has 1 saturated heterocycles. The first-order chi connectivity index (χ1) is 10.2. The third kappa shape index (κ3) is 3.96. The summed E-state index contributed by atoms with van der Waals surface area (Å²) in [5, 5.41) is 4.67. The molecule has 0 spiro atoms. The van der Waals surface area contributed by atoms with Gasteiger partial charge in [0, 0.05) is 30.6 Å². The van der Waals surface area contributed by atoms with Crippen LogP contribution in [0.3, 0.4) is 0 Å². The molecule has 1 aromatic heterocycles. The summed E-state index contributed by atoms with van der Waals surface area (Å²) in [7, 11) is 1.75. The van der Waals surface area contributed by atoms with Crippen molar-refractivity contribution < 1.29 is 4.74 Å². The Bertz CT molecular complexity index is 435. The molecule has 0 radical (unpaired) electrons. The van der Waals surface area contributed by atoms with E-state index in [0.717, 1.165) is 25.2 Å². The summed E-state index contributed by atoms with van der Waals surface area (Å²) >= 11 is 1.84. The summed E-state index contributed by atoms with van der Waals surface area (Å²) in [6.07, 6.45) is 4.93. The Labute approximate surface area is 132 Å². The molecular formula is C16H29N3OS. The highest BCUT2D eigenvalue weighted by molar-refractivity contribution is 7.15. The van der Waals surface area contributed by atoms with Crippen molar-refractivity contribution >= 4 is 16.5 Å². The molecule has 1 aromatic rings. The molecule has 1 fully saturated rings. The fourth-order valence-corrected chi connectivity index (χ4v) is 4.27. The number of nitrogens with one attached hydrogen (secondary N) is 1. The lowest BCUT2D eigenvalue weighted by Crippen LogP contribution is -2.33. The van der Waals surface area contributed by atoms with E-state index in [1.54, 1.807) is 7.11 Å². The van der Waals surface area contributed by atoms with E-state index in [0.29, 0.717) is 18.7 Å². The third-order valence-electron chi connectivity index (χ3n) is 4.24. The van der Waals surface area contributed by atoms with E-state index < -0.39 is 0 Å². The van der Waals surface area contributed by atoms with Crippen LogP contribution in [0.1, 0.15) is 57.0 Å². The van der Waals surface area contributed by atoms with Gasteiger partial charge in [-0.1, -0.05) is 13.8 Å². The monoisotopic (exact) mass is 311 g/mol. The number of ether oxygens (including phenoxy) is 1. The number of methoxy groups -OCH3 is 1. The maximum absolute atomic E-state index is 5.33. The maximum Gasteiger partial charge on any atom is 0.186 e. The van der Waals surface area contributed by atoms with Gasteiger partial charge in [0.15, 0.2) is 5.13 Å². The molecule has 120 valence electrons. The second kappa shape index (κ2) is 8.11. The van der Waals surface area contributed by atoms with Crippen molar-refractivity contribution in [1.29, 1.82) is 0 Å². The molecule has 1 N–H and O–H groups in total. The van der Waals surface area contributed by atoms with Crippen LogP contribution in [0, 0.1) is 0 Å². The Balaban J connectivity index is 2.17. The molecule has 21 heavy (non-hydrogen) atoms. The fourth-order valence-electron chi connectivity index (χ4n) is 3.06. The van der Waals surface area contributed by atoms with Gasteiger partial charge in [-0.25, -0.2) is 4.98 Å². The molecule has 4 nitrogen and oxygen atoms in total. The molecule has 2 rings (SSSR count). The Morgan fingerprint density at radius 3 is 2.86 bits per heavy atom. The largest absolute Gasteiger partial charge is 0.378 e. The van der Waals surface area contributed by atoms with Crippen LogP contribution in [-0.4, -0.2) is 30.7 Å². The average Bonchev–Trinajstić information content (AvgIpc) is 3.03. The van der Waals surface area contributed by atoms with Crippen molar-refractivity contribution in [3.8, 4) is 0 Å². The Hall–Kier alpha value is -0.650. The van der Waals surface area contributed by atoms with Crippen LogP contribution in [0.15, 0.2) is 0 Å². The zero-order chi connectivity index (χ0) is 15.2. The van der Waals surface area contributed by atoms with E-state index in [1.165, 1.54) is 29.3 Å². The molecule has 1 aliphatic heterocycles.